The molecule has 1 N–H and O–H groups in total. The van der Waals surface area contributed by atoms with E-state index in [1.54, 1.807) is 17.8 Å². The fourth-order valence-electron chi connectivity index (χ4n) is 3.41. The third kappa shape index (κ3) is 6.72. The first-order valence-electron chi connectivity index (χ1n) is 11.5. The topological polar surface area (TPSA) is 74.5 Å². The van der Waals surface area contributed by atoms with E-state index in [-0.39, 0.29) is 11.3 Å². The number of hydrogen-bond acceptors (Lipinski definition) is 7. The van der Waals surface area contributed by atoms with Crippen molar-refractivity contribution in [1.82, 2.24) is 20.2 Å². The van der Waals surface area contributed by atoms with Gasteiger partial charge < -0.3 is 19.5 Å². The van der Waals surface area contributed by atoms with Crippen LogP contribution in [0.15, 0.2) is 27.8 Å². The normalized spacial score (nSPS) is 15.4. The number of furan rings is 1. The van der Waals surface area contributed by atoms with Crippen LogP contribution in [0.25, 0.3) is 0 Å². The van der Waals surface area contributed by atoms with Crippen LogP contribution >= 0.6 is 11.8 Å². The van der Waals surface area contributed by atoms with Crippen molar-refractivity contribution >= 4 is 23.5 Å². The molecule has 1 aliphatic rings. The van der Waals surface area contributed by atoms with Gasteiger partial charge in [-0.15, -0.1) is 0 Å². The molecule has 8 heteroatoms. The molecule has 32 heavy (non-hydrogen) atoms. The Morgan fingerprint density at radius 3 is 2.53 bits per heavy atom. The molecule has 0 aromatic carbocycles. The van der Waals surface area contributed by atoms with Crippen molar-refractivity contribution in [3.63, 3.8) is 0 Å². The lowest BCUT2D eigenvalue weighted by molar-refractivity contribution is 0.0920. The number of thioether (sulfide) groups is 1. The zero-order valence-electron chi connectivity index (χ0n) is 20.3. The van der Waals surface area contributed by atoms with Crippen LogP contribution in [0.2, 0.25) is 0 Å². The van der Waals surface area contributed by atoms with Crippen molar-refractivity contribution in [1.29, 1.82) is 0 Å². The molecule has 2 aromatic rings. The molecule has 3 rings (SSSR count). The molecule has 3 heterocycles. The number of carbonyl (C=O) groups excluding carboxylic acids is 1. The predicted octanol–water partition coefficient (Wildman–Crippen LogP) is 4.19. The summed E-state index contributed by atoms with van der Waals surface area (Å²) in [4.78, 5) is 26.7. The average molecular weight is 460 g/mol. The summed E-state index contributed by atoms with van der Waals surface area (Å²) in [6, 6.07) is 5.72. The molecule has 0 aliphatic carbocycles. The largest absolute Gasteiger partial charge is 0.455 e. The molecule has 176 valence electrons. The van der Waals surface area contributed by atoms with Gasteiger partial charge in [-0.3, -0.25) is 4.79 Å². The third-order valence-corrected chi connectivity index (χ3v) is 6.37. The summed E-state index contributed by atoms with van der Waals surface area (Å²) in [5.41, 5.74) is 0.973. The highest BCUT2D eigenvalue weighted by Crippen LogP contribution is 2.29. The Hall–Kier alpha value is -2.06. The summed E-state index contributed by atoms with van der Waals surface area (Å²) < 4.78 is 5.76. The monoisotopic (exact) mass is 459 g/mol. The fourth-order valence-corrected chi connectivity index (χ4v) is 4.16. The van der Waals surface area contributed by atoms with E-state index in [4.69, 9.17) is 14.4 Å². The van der Waals surface area contributed by atoms with Crippen LogP contribution in [-0.2, 0) is 11.2 Å². The minimum atomic E-state index is -0.172. The number of rotatable bonds is 8. The highest BCUT2D eigenvalue weighted by Gasteiger charge is 2.23. The number of aromatic nitrogens is 2. The van der Waals surface area contributed by atoms with Gasteiger partial charge in [0.1, 0.15) is 11.6 Å². The van der Waals surface area contributed by atoms with E-state index in [9.17, 15) is 4.79 Å². The first-order chi connectivity index (χ1) is 15.2. The van der Waals surface area contributed by atoms with Gasteiger partial charge in [0.2, 0.25) is 0 Å². The van der Waals surface area contributed by atoms with Gasteiger partial charge in [-0.05, 0) is 24.6 Å². The molecule has 1 aliphatic heterocycles. The van der Waals surface area contributed by atoms with Crippen LogP contribution in [-0.4, -0.2) is 60.0 Å². The molecular formula is C24H37N5O2S. The zero-order chi connectivity index (χ0) is 23.3. The van der Waals surface area contributed by atoms with Crippen LogP contribution in [0.3, 0.4) is 0 Å². The second-order valence-electron chi connectivity index (χ2n) is 9.72. The van der Waals surface area contributed by atoms with Gasteiger partial charge in [0.15, 0.2) is 10.9 Å². The number of likely N-dealkylation sites (N-methyl/N-ethyl adjacent to an activating group) is 1. The van der Waals surface area contributed by atoms with Gasteiger partial charge >= 0.3 is 0 Å². The molecule has 1 fully saturated rings. The molecule has 0 spiro atoms. The maximum absolute atomic E-state index is 12.2. The highest BCUT2D eigenvalue weighted by molar-refractivity contribution is 7.98. The molecule has 1 saturated heterocycles. The van der Waals surface area contributed by atoms with E-state index in [2.05, 4.69) is 62.7 Å². The molecule has 0 atom stereocenters. The average Bonchev–Trinajstić information content (AvgIpc) is 3.24. The van der Waals surface area contributed by atoms with Crippen LogP contribution in [0.5, 0.6) is 0 Å². The number of carbonyl (C=O) groups is 1. The fraction of sp³-hybridized carbons (Fsp3) is 0.625. The summed E-state index contributed by atoms with van der Waals surface area (Å²) in [5.74, 6) is 2.89. The van der Waals surface area contributed by atoms with E-state index in [1.807, 2.05) is 6.07 Å². The first-order valence-corrected chi connectivity index (χ1v) is 12.5. The molecule has 2 aromatic heterocycles. The van der Waals surface area contributed by atoms with E-state index in [0.717, 1.165) is 55.2 Å². The van der Waals surface area contributed by atoms with Gasteiger partial charge in [0, 0.05) is 44.2 Å². The van der Waals surface area contributed by atoms with Crippen LogP contribution in [0, 0.1) is 5.92 Å². The smallest absolute Gasteiger partial charge is 0.287 e. The molecule has 1 amide bonds. The Morgan fingerprint density at radius 1 is 1.19 bits per heavy atom. The van der Waals surface area contributed by atoms with Crippen molar-refractivity contribution in [2.75, 3.05) is 44.2 Å². The van der Waals surface area contributed by atoms with Crippen LogP contribution in [0.1, 0.15) is 63.6 Å². The van der Waals surface area contributed by atoms with E-state index in [0.29, 0.717) is 24.0 Å². The third-order valence-electron chi connectivity index (χ3n) is 5.50. The van der Waals surface area contributed by atoms with Gasteiger partial charge in [-0.2, -0.15) is 0 Å². The summed E-state index contributed by atoms with van der Waals surface area (Å²) in [7, 11) is 0. The molecule has 7 nitrogen and oxygen atoms in total. The van der Waals surface area contributed by atoms with E-state index >= 15 is 0 Å². The summed E-state index contributed by atoms with van der Waals surface area (Å²) >= 11 is 1.55. The van der Waals surface area contributed by atoms with Gasteiger partial charge in [-0.25, -0.2) is 9.97 Å². The number of hydrogen-bond donors (Lipinski definition) is 1. The summed E-state index contributed by atoms with van der Waals surface area (Å²) in [5, 5.41) is 3.63. The first kappa shape index (κ1) is 24.6. The maximum Gasteiger partial charge on any atom is 0.287 e. The Kier molecular flexibility index (Phi) is 8.22. The quantitative estimate of drug-likeness (QED) is 0.469. The number of anilines is 1. The number of nitrogens with zero attached hydrogens (tertiary/aromatic N) is 4. The Bertz CT molecular complexity index is 898. The van der Waals surface area contributed by atoms with Crippen molar-refractivity contribution in [3.05, 3.63) is 35.4 Å². The number of amides is 1. The Balaban J connectivity index is 1.70. The lowest BCUT2D eigenvalue weighted by Gasteiger charge is -2.35. The standard InChI is InChI=1S/C24H37N5O2S/c1-7-28-10-12-29(13-11-28)21-14-20(24(4,5)6)26-23(27-21)32-16-18-8-9-19(31-18)22(30)25-15-17(2)3/h8-9,14,17H,7,10-13,15-16H2,1-6H3,(H,25,30). The second kappa shape index (κ2) is 10.7. The van der Waals surface area contributed by atoms with Crippen molar-refractivity contribution in [2.24, 2.45) is 5.92 Å². The van der Waals surface area contributed by atoms with Crippen molar-refractivity contribution < 1.29 is 9.21 Å². The molecule has 0 saturated carbocycles. The summed E-state index contributed by atoms with van der Waals surface area (Å²) in [6.07, 6.45) is 0. The Labute approximate surface area is 196 Å². The van der Waals surface area contributed by atoms with Gasteiger partial charge in [-0.1, -0.05) is 53.3 Å². The second-order valence-corrected chi connectivity index (χ2v) is 10.7. The van der Waals surface area contributed by atoms with Crippen molar-refractivity contribution in [3.8, 4) is 0 Å². The molecule has 0 bridgehead atoms. The van der Waals surface area contributed by atoms with Gasteiger partial charge in [0.25, 0.3) is 5.91 Å². The van der Waals surface area contributed by atoms with Crippen LogP contribution in [0.4, 0.5) is 5.82 Å². The highest BCUT2D eigenvalue weighted by atomic mass is 32.2. The van der Waals surface area contributed by atoms with E-state index < -0.39 is 0 Å². The number of nitrogens with one attached hydrogen (secondary N) is 1. The minimum absolute atomic E-state index is 0.0649. The van der Waals surface area contributed by atoms with Crippen molar-refractivity contribution in [2.45, 2.75) is 57.9 Å². The lowest BCUT2D eigenvalue weighted by Crippen LogP contribution is -2.46. The van der Waals surface area contributed by atoms with E-state index in [1.165, 1.54) is 0 Å². The summed E-state index contributed by atoms with van der Waals surface area (Å²) in [6.45, 7) is 18.7. The maximum atomic E-state index is 12.2. The SMILES string of the molecule is CCN1CCN(c2cc(C(C)(C)C)nc(SCc3ccc(C(=O)NCC(C)C)o3)n2)CC1. The lowest BCUT2D eigenvalue weighted by atomic mass is 9.92. The molecular weight excluding hydrogens is 422 g/mol. The predicted molar refractivity (Wildman–Crippen MR) is 130 cm³/mol. The van der Waals surface area contributed by atoms with Crippen LogP contribution < -0.4 is 10.2 Å². The Morgan fingerprint density at radius 2 is 1.91 bits per heavy atom. The minimum Gasteiger partial charge on any atom is -0.455 e. The zero-order valence-corrected chi connectivity index (χ0v) is 21.1. The van der Waals surface area contributed by atoms with Gasteiger partial charge in [0.05, 0.1) is 11.4 Å². The number of piperazine rings is 1. The molecule has 0 unspecified atom stereocenters. The molecule has 0 radical (unpaired) electrons.